The molecule has 0 unspecified atom stereocenters. The summed E-state index contributed by atoms with van der Waals surface area (Å²) in [4.78, 5) is 21.6. The fraction of sp³-hybridized carbons (Fsp3) is 0.350. The summed E-state index contributed by atoms with van der Waals surface area (Å²) in [6.45, 7) is 5.18. The number of rotatable bonds is 3. The second kappa shape index (κ2) is 7.00. The molecule has 2 aromatic heterocycles. The van der Waals surface area contributed by atoms with Crippen LogP contribution in [-0.4, -0.2) is 70.6 Å². The van der Waals surface area contributed by atoms with E-state index < -0.39 is 0 Å². The highest BCUT2D eigenvalue weighted by molar-refractivity contribution is 5.95. The summed E-state index contributed by atoms with van der Waals surface area (Å²) >= 11 is 0. The molecule has 1 aliphatic heterocycles. The van der Waals surface area contributed by atoms with Crippen molar-refractivity contribution in [1.29, 1.82) is 0 Å². The van der Waals surface area contributed by atoms with Gasteiger partial charge in [0.25, 0.3) is 5.91 Å². The maximum atomic E-state index is 12.9. The molecule has 7 heteroatoms. The predicted octanol–water partition coefficient (Wildman–Crippen LogP) is 2.10. The predicted molar refractivity (Wildman–Crippen MR) is 103 cm³/mol. The van der Waals surface area contributed by atoms with Crippen LogP contribution in [0.4, 0.5) is 0 Å². The molecule has 1 saturated heterocycles. The number of ether oxygens (including phenoxy) is 1. The SMILES string of the molecule is COc1ccc(-c2cnn3c(C)c(C(=O)N4CCN(C)CC4)cnc23)cc1. The highest BCUT2D eigenvalue weighted by Gasteiger charge is 2.23. The smallest absolute Gasteiger partial charge is 0.257 e. The molecule has 0 N–H and O–H groups in total. The van der Waals surface area contributed by atoms with E-state index >= 15 is 0 Å². The monoisotopic (exact) mass is 365 g/mol. The van der Waals surface area contributed by atoms with Crippen LogP contribution in [-0.2, 0) is 0 Å². The van der Waals surface area contributed by atoms with Gasteiger partial charge in [0.05, 0.1) is 24.6 Å². The number of likely N-dealkylation sites (N-methyl/N-ethyl adjacent to an activating group) is 1. The molecule has 0 atom stereocenters. The summed E-state index contributed by atoms with van der Waals surface area (Å²) in [5, 5.41) is 4.48. The third kappa shape index (κ3) is 3.14. The summed E-state index contributed by atoms with van der Waals surface area (Å²) in [5.41, 5.74) is 4.10. The highest BCUT2D eigenvalue weighted by atomic mass is 16.5. The normalized spacial score (nSPS) is 15.3. The lowest BCUT2D eigenvalue weighted by Gasteiger charge is -2.32. The molecule has 3 aromatic rings. The molecule has 1 aliphatic rings. The Hall–Kier alpha value is -2.93. The van der Waals surface area contributed by atoms with Crippen molar-refractivity contribution in [2.24, 2.45) is 0 Å². The van der Waals surface area contributed by atoms with Crippen molar-refractivity contribution in [2.45, 2.75) is 6.92 Å². The van der Waals surface area contributed by atoms with E-state index in [0.717, 1.165) is 54.4 Å². The molecule has 1 aromatic carbocycles. The van der Waals surface area contributed by atoms with Crippen LogP contribution in [0.5, 0.6) is 5.75 Å². The van der Waals surface area contributed by atoms with Crippen LogP contribution in [0.25, 0.3) is 16.8 Å². The first-order chi connectivity index (χ1) is 13.1. The first-order valence-electron chi connectivity index (χ1n) is 9.04. The van der Waals surface area contributed by atoms with Crippen LogP contribution < -0.4 is 4.74 Å². The van der Waals surface area contributed by atoms with Crippen molar-refractivity contribution in [3.05, 3.63) is 47.9 Å². The Morgan fingerprint density at radius 1 is 1.07 bits per heavy atom. The van der Waals surface area contributed by atoms with Gasteiger partial charge in [0.1, 0.15) is 5.75 Å². The van der Waals surface area contributed by atoms with Crippen LogP contribution in [0, 0.1) is 6.92 Å². The van der Waals surface area contributed by atoms with Gasteiger partial charge in [-0.15, -0.1) is 0 Å². The number of carbonyl (C=O) groups excluding carboxylic acids is 1. The lowest BCUT2D eigenvalue weighted by molar-refractivity contribution is 0.0662. The van der Waals surface area contributed by atoms with Crippen LogP contribution in [0.2, 0.25) is 0 Å². The Morgan fingerprint density at radius 2 is 1.78 bits per heavy atom. The number of fused-ring (bicyclic) bond motifs is 1. The number of aromatic nitrogens is 3. The van der Waals surface area contributed by atoms with E-state index in [1.165, 1.54) is 0 Å². The number of benzene rings is 1. The van der Waals surface area contributed by atoms with Crippen LogP contribution in [0.1, 0.15) is 16.1 Å². The molecular weight excluding hydrogens is 342 g/mol. The first kappa shape index (κ1) is 17.5. The summed E-state index contributed by atoms with van der Waals surface area (Å²) in [7, 11) is 3.72. The Kier molecular flexibility index (Phi) is 4.53. The topological polar surface area (TPSA) is 63.0 Å². The number of hydrogen-bond acceptors (Lipinski definition) is 5. The van der Waals surface area contributed by atoms with Gasteiger partial charge < -0.3 is 14.5 Å². The summed E-state index contributed by atoms with van der Waals surface area (Å²) in [5.74, 6) is 0.830. The molecule has 27 heavy (non-hydrogen) atoms. The zero-order valence-corrected chi connectivity index (χ0v) is 15.8. The maximum Gasteiger partial charge on any atom is 0.257 e. The van der Waals surface area contributed by atoms with Gasteiger partial charge in [-0.1, -0.05) is 12.1 Å². The fourth-order valence-electron chi connectivity index (χ4n) is 3.41. The second-order valence-corrected chi connectivity index (χ2v) is 6.87. The minimum atomic E-state index is 0.0245. The second-order valence-electron chi connectivity index (χ2n) is 6.87. The van der Waals surface area contributed by atoms with Crippen molar-refractivity contribution >= 4 is 11.6 Å². The number of nitrogens with zero attached hydrogens (tertiary/aromatic N) is 5. The van der Waals surface area contributed by atoms with E-state index in [9.17, 15) is 4.79 Å². The Labute approximate surface area is 158 Å². The van der Waals surface area contributed by atoms with E-state index in [0.29, 0.717) is 5.56 Å². The van der Waals surface area contributed by atoms with Gasteiger partial charge in [0, 0.05) is 37.9 Å². The fourth-order valence-corrected chi connectivity index (χ4v) is 3.41. The molecule has 140 valence electrons. The summed E-state index contributed by atoms with van der Waals surface area (Å²) in [6.07, 6.45) is 3.47. The Bertz CT molecular complexity index is 972. The Balaban J connectivity index is 1.68. The minimum absolute atomic E-state index is 0.0245. The molecule has 0 saturated carbocycles. The molecule has 4 rings (SSSR count). The highest BCUT2D eigenvalue weighted by Crippen LogP contribution is 2.26. The van der Waals surface area contributed by atoms with Crippen molar-refractivity contribution in [3.63, 3.8) is 0 Å². The molecule has 7 nitrogen and oxygen atoms in total. The molecule has 1 fully saturated rings. The number of piperazine rings is 1. The number of amides is 1. The van der Waals surface area contributed by atoms with Crippen LogP contribution in [0.15, 0.2) is 36.7 Å². The van der Waals surface area contributed by atoms with Crippen molar-refractivity contribution in [2.75, 3.05) is 40.3 Å². The lowest BCUT2D eigenvalue weighted by Crippen LogP contribution is -2.47. The Morgan fingerprint density at radius 3 is 2.44 bits per heavy atom. The average Bonchev–Trinajstić information content (AvgIpc) is 3.13. The van der Waals surface area contributed by atoms with Gasteiger partial charge in [0.15, 0.2) is 5.65 Å². The largest absolute Gasteiger partial charge is 0.497 e. The zero-order valence-electron chi connectivity index (χ0n) is 15.8. The van der Waals surface area contributed by atoms with E-state index in [2.05, 4.69) is 22.0 Å². The molecule has 0 aliphatic carbocycles. The van der Waals surface area contributed by atoms with Gasteiger partial charge in [-0.2, -0.15) is 5.10 Å². The first-order valence-corrected chi connectivity index (χ1v) is 9.04. The minimum Gasteiger partial charge on any atom is -0.497 e. The number of methoxy groups -OCH3 is 1. The van der Waals surface area contributed by atoms with E-state index in [4.69, 9.17) is 4.74 Å². The van der Waals surface area contributed by atoms with Gasteiger partial charge in [-0.05, 0) is 31.7 Å². The van der Waals surface area contributed by atoms with E-state index in [1.807, 2.05) is 36.1 Å². The maximum absolute atomic E-state index is 12.9. The third-order valence-electron chi connectivity index (χ3n) is 5.19. The summed E-state index contributed by atoms with van der Waals surface area (Å²) in [6, 6.07) is 7.79. The number of aryl methyl sites for hydroxylation is 1. The van der Waals surface area contributed by atoms with Gasteiger partial charge >= 0.3 is 0 Å². The zero-order chi connectivity index (χ0) is 19.0. The van der Waals surface area contributed by atoms with Gasteiger partial charge in [-0.3, -0.25) is 4.79 Å². The molecule has 0 bridgehead atoms. The van der Waals surface area contributed by atoms with Crippen molar-refractivity contribution < 1.29 is 9.53 Å². The lowest BCUT2D eigenvalue weighted by atomic mass is 10.1. The van der Waals surface area contributed by atoms with E-state index in [-0.39, 0.29) is 5.91 Å². The van der Waals surface area contributed by atoms with E-state index in [1.54, 1.807) is 24.0 Å². The quantitative estimate of drug-likeness (QED) is 0.711. The molecule has 0 radical (unpaired) electrons. The van der Waals surface area contributed by atoms with Crippen LogP contribution in [0.3, 0.4) is 0 Å². The number of carbonyl (C=O) groups is 1. The van der Waals surface area contributed by atoms with Gasteiger partial charge in [0.2, 0.25) is 0 Å². The summed E-state index contributed by atoms with van der Waals surface area (Å²) < 4.78 is 6.97. The average molecular weight is 365 g/mol. The molecule has 3 heterocycles. The van der Waals surface area contributed by atoms with Crippen molar-refractivity contribution in [1.82, 2.24) is 24.4 Å². The standard InChI is InChI=1S/C20H23N5O2/c1-14-17(20(26)24-10-8-23(2)9-11-24)12-21-19-18(13-22-25(14)19)15-4-6-16(27-3)7-5-15/h4-7,12-13H,8-11H2,1-3H3. The number of hydrogen-bond donors (Lipinski definition) is 0. The molecule has 1 amide bonds. The third-order valence-corrected chi connectivity index (χ3v) is 5.19. The van der Waals surface area contributed by atoms with Gasteiger partial charge in [-0.25, -0.2) is 9.50 Å². The molecule has 0 spiro atoms. The van der Waals surface area contributed by atoms with Crippen molar-refractivity contribution in [3.8, 4) is 16.9 Å². The molecular formula is C20H23N5O2. The van der Waals surface area contributed by atoms with Crippen LogP contribution >= 0.6 is 0 Å².